The minimum absolute atomic E-state index is 0.198. The molecule has 0 spiro atoms. The summed E-state index contributed by atoms with van der Waals surface area (Å²) >= 11 is 3.21. The monoisotopic (exact) mass is 286 g/mol. The van der Waals surface area contributed by atoms with Gasteiger partial charge in [-0.25, -0.2) is 4.39 Å². The first kappa shape index (κ1) is 11.7. The second-order valence-corrected chi connectivity index (χ2v) is 5.40. The summed E-state index contributed by atoms with van der Waals surface area (Å²) in [6.07, 6.45) is 0. The zero-order valence-corrected chi connectivity index (χ0v) is 11.1. The van der Waals surface area contributed by atoms with E-state index in [0.29, 0.717) is 10.4 Å². The molecule has 1 aliphatic rings. The first-order chi connectivity index (χ1) is 7.58. The molecular formula is C12H16BrFN2. The Morgan fingerprint density at radius 1 is 1.50 bits per heavy atom. The normalized spacial score (nSPS) is 14.9. The van der Waals surface area contributed by atoms with Crippen LogP contribution in [0.1, 0.15) is 13.8 Å². The molecule has 2 rings (SSSR count). The molecule has 1 N–H and O–H groups in total. The van der Waals surface area contributed by atoms with Crippen LogP contribution in [-0.4, -0.2) is 19.6 Å². The molecule has 0 aromatic heterocycles. The molecule has 2 nitrogen and oxygen atoms in total. The quantitative estimate of drug-likeness (QED) is 0.896. The van der Waals surface area contributed by atoms with Crippen molar-refractivity contribution < 1.29 is 4.39 Å². The molecule has 0 saturated heterocycles. The molecular weight excluding hydrogens is 271 g/mol. The van der Waals surface area contributed by atoms with Crippen molar-refractivity contribution in [3.05, 3.63) is 22.4 Å². The van der Waals surface area contributed by atoms with Crippen LogP contribution in [0.15, 0.2) is 16.6 Å². The number of rotatable bonds is 2. The van der Waals surface area contributed by atoms with Crippen LogP contribution in [0.3, 0.4) is 0 Å². The summed E-state index contributed by atoms with van der Waals surface area (Å²) in [7, 11) is 0. The van der Waals surface area contributed by atoms with Crippen LogP contribution in [-0.2, 0) is 0 Å². The van der Waals surface area contributed by atoms with Gasteiger partial charge in [-0.15, -0.1) is 0 Å². The number of benzene rings is 1. The molecule has 0 saturated carbocycles. The minimum Gasteiger partial charge on any atom is -0.382 e. The average molecular weight is 287 g/mol. The van der Waals surface area contributed by atoms with Gasteiger partial charge in [0.25, 0.3) is 0 Å². The van der Waals surface area contributed by atoms with Gasteiger partial charge in [0.15, 0.2) is 0 Å². The van der Waals surface area contributed by atoms with Crippen molar-refractivity contribution in [1.82, 2.24) is 0 Å². The summed E-state index contributed by atoms with van der Waals surface area (Å²) in [6, 6.07) is 3.42. The van der Waals surface area contributed by atoms with E-state index in [1.54, 1.807) is 6.07 Å². The molecule has 0 radical (unpaired) electrons. The molecule has 0 aliphatic carbocycles. The van der Waals surface area contributed by atoms with Crippen molar-refractivity contribution in [2.75, 3.05) is 29.9 Å². The van der Waals surface area contributed by atoms with Crippen molar-refractivity contribution >= 4 is 27.3 Å². The van der Waals surface area contributed by atoms with Gasteiger partial charge in [0.05, 0.1) is 15.8 Å². The summed E-state index contributed by atoms with van der Waals surface area (Å²) in [4.78, 5) is 2.24. The van der Waals surface area contributed by atoms with Gasteiger partial charge in [-0.1, -0.05) is 13.8 Å². The Labute approximate surface area is 104 Å². The van der Waals surface area contributed by atoms with Crippen molar-refractivity contribution in [2.45, 2.75) is 13.8 Å². The molecule has 1 aromatic rings. The molecule has 0 unspecified atom stereocenters. The second kappa shape index (κ2) is 4.62. The fourth-order valence-electron chi connectivity index (χ4n) is 2.02. The van der Waals surface area contributed by atoms with E-state index in [-0.39, 0.29) is 5.82 Å². The Morgan fingerprint density at radius 2 is 2.25 bits per heavy atom. The SMILES string of the molecule is CC(C)CN1CCNc2cc(Br)c(F)cc21. The third-order valence-corrected chi connectivity index (χ3v) is 3.27. The number of fused-ring (bicyclic) bond motifs is 1. The van der Waals surface area contributed by atoms with E-state index in [1.165, 1.54) is 0 Å². The van der Waals surface area contributed by atoms with Gasteiger partial charge in [-0.3, -0.25) is 0 Å². The van der Waals surface area contributed by atoms with E-state index in [1.807, 2.05) is 6.07 Å². The average Bonchev–Trinajstić information content (AvgIpc) is 2.20. The maximum atomic E-state index is 13.5. The van der Waals surface area contributed by atoms with E-state index < -0.39 is 0 Å². The van der Waals surface area contributed by atoms with Crippen molar-refractivity contribution in [1.29, 1.82) is 0 Å². The zero-order valence-electron chi connectivity index (χ0n) is 9.56. The number of anilines is 2. The summed E-state index contributed by atoms with van der Waals surface area (Å²) in [5, 5.41) is 3.30. The highest BCUT2D eigenvalue weighted by Gasteiger charge is 2.19. The van der Waals surface area contributed by atoms with E-state index in [2.05, 4.69) is 40.0 Å². The maximum absolute atomic E-state index is 13.5. The maximum Gasteiger partial charge on any atom is 0.139 e. The number of halogens is 2. The Kier molecular flexibility index (Phi) is 3.38. The Bertz CT molecular complexity index is 393. The summed E-state index contributed by atoms with van der Waals surface area (Å²) < 4.78 is 14.0. The highest BCUT2D eigenvalue weighted by Crippen LogP contribution is 2.34. The van der Waals surface area contributed by atoms with Gasteiger partial charge in [0.1, 0.15) is 5.82 Å². The van der Waals surface area contributed by atoms with Gasteiger partial charge in [0.2, 0.25) is 0 Å². The van der Waals surface area contributed by atoms with Crippen molar-refractivity contribution in [3.63, 3.8) is 0 Å². The molecule has 0 bridgehead atoms. The second-order valence-electron chi connectivity index (χ2n) is 4.55. The smallest absolute Gasteiger partial charge is 0.139 e. The van der Waals surface area contributed by atoms with Gasteiger partial charge >= 0.3 is 0 Å². The zero-order chi connectivity index (χ0) is 11.7. The Hall–Kier alpha value is -0.770. The molecule has 0 fully saturated rings. The van der Waals surface area contributed by atoms with Crippen LogP contribution in [0.25, 0.3) is 0 Å². The molecule has 88 valence electrons. The molecule has 16 heavy (non-hydrogen) atoms. The third kappa shape index (κ3) is 2.32. The van der Waals surface area contributed by atoms with Crippen LogP contribution >= 0.6 is 15.9 Å². The lowest BCUT2D eigenvalue weighted by molar-refractivity contribution is 0.599. The van der Waals surface area contributed by atoms with Crippen LogP contribution in [0.2, 0.25) is 0 Å². The third-order valence-electron chi connectivity index (χ3n) is 2.66. The van der Waals surface area contributed by atoms with E-state index >= 15 is 0 Å². The number of nitrogens with zero attached hydrogens (tertiary/aromatic N) is 1. The van der Waals surface area contributed by atoms with Crippen LogP contribution in [0.5, 0.6) is 0 Å². The molecule has 4 heteroatoms. The fourth-order valence-corrected chi connectivity index (χ4v) is 2.36. The van der Waals surface area contributed by atoms with Gasteiger partial charge < -0.3 is 10.2 Å². The number of nitrogens with one attached hydrogen (secondary N) is 1. The number of hydrogen-bond acceptors (Lipinski definition) is 2. The van der Waals surface area contributed by atoms with E-state index in [9.17, 15) is 4.39 Å². The predicted molar refractivity (Wildman–Crippen MR) is 69.6 cm³/mol. The van der Waals surface area contributed by atoms with Gasteiger partial charge in [-0.2, -0.15) is 0 Å². The van der Waals surface area contributed by atoms with Crippen LogP contribution in [0, 0.1) is 11.7 Å². The standard InChI is InChI=1S/C12H16BrFN2/c1-8(2)7-16-4-3-15-11-5-9(13)10(14)6-12(11)16/h5-6,8,15H,3-4,7H2,1-2H3. The van der Waals surface area contributed by atoms with E-state index in [0.717, 1.165) is 31.0 Å². The van der Waals surface area contributed by atoms with Crippen LogP contribution in [0.4, 0.5) is 15.8 Å². The Balaban J connectivity index is 2.34. The summed E-state index contributed by atoms with van der Waals surface area (Å²) in [5.74, 6) is 0.383. The summed E-state index contributed by atoms with van der Waals surface area (Å²) in [6.45, 7) is 7.17. The van der Waals surface area contributed by atoms with Crippen molar-refractivity contribution in [3.8, 4) is 0 Å². The molecule has 0 amide bonds. The lowest BCUT2D eigenvalue weighted by Crippen LogP contribution is -2.36. The molecule has 0 atom stereocenters. The van der Waals surface area contributed by atoms with E-state index in [4.69, 9.17) is 0 Å². The van der Waals surface area contributed by atoms with Crippen molar-refractivity contribution in [2.24, 2.45) is 5.92 Å². The molecule has 1 aromatic carbocycles. The lowest BCUT2D eigenvalue weighted by atomic mass is 10.1. The Morgan fingerprint density at radius 3 is 2.94 bits per heavy atom. The topological polar surface area (TPSA) is 15.3 Å². The number of hydrogen-bond donors (Lipinski definition) is 1. The van der Waals surface area contributed by atoms with Crippen LogP contribution < -0.4 is 10.2 Å². The predicted octanol–water partition coefficient (Wildman–Crippen LogP) is 3.48. The minimum atomic E-state index is -0.198. The first-order valence-corrected chi connectivity index (χ1v) is 6.35. The van der Waals surface area contributed by atoms with Gasteiger partial charge in [0, 0.05) is 25.7 Å². The summed E-state index contributed by atoms with van der Waals surface area (Å²) in [5.41, 5.74) is 1.99. The van der Waals surface area contributed by atoms with Gasteiger partial charge in [-0.05, 0) is 27.9 Å². The highest BCUT2D eigenvalue weighted by molar-refractivity contribution is 9.10. The highest BCUT2D eigenvalue weighted by atomic mass is 79.9. The largest absolute Gasteiger partial charge is 0.382 e. The lowest BCUT2D eigenvalue weighted by Gasteiger charge is -2.33. The molecule has 1 aliphatic heterocycles. The first-order valence-electron chi connectivity index (χ1n) is 5.56. The molecule has 1 heterocycles. The fraction of sp³-hybridized carbons (Fsp3) is 0.500.